The summed E-state index contributed by atoms with van der Waals surface area (Å²) in [6.07, 6.45) is 0. The Morgan fingerprint density at radius 2 is 2.23 bits per heavy atom. The van der Waals surface area contributed by atoms with Crippen molar-refractivity contribution in [2.45, 2.75) is 6.92 Å². The number of pyridine rings is 1. The third-order valence-electron chi connectivity index (χ3n) is 1.86. The maximum absolute atomic E-state index is 11.1. The van der Waals surface area contributed by atoms with Crippen molar-refractivity contribution in [2.75, 3.05) is 0 Å². The summed E-state index contributed by atoms with van der Waals surface area (Å²) in [6.45, 7) is 1.77. The standard InChI is InChI=1S/C8H7NO3S/c1-4-3-13-8-5(10)2-6(11)9(12)7(4)8/h2-3,10,12H,1H3. The first-order valence-electron chi connectivity index (χ1n) is 3.63. The van der Waals surface area contributed by atoms with Gasteiger partial charge in [0.05, 0.1) is 4.70 Å². The zero-order chi connectivity index (χ0) is 9.59. The van der Waals surface area contributed by atoms with E-state index in [0.717, 1.165) is 11.6 Å². The molecule has 0 saturated carbocycles. The van der Waals surface area contributed by atoms with Gasteiger partial charge in [-0.05, 0) is 17.9 Å². The average molecular weight is 197 g/mol. The lowest BCUT2D eigenvalue weighted by molar-refractivity contribution is 0.188. The highest BCUT2D eigenvalue weighted by Crippen LogP contribution is 2.30. The van der Waals surface area contributed by atoms with Crippen molar-refractivity contribution in [3.63, 3.8) is 0 Å². The molecular weight excluding hydrogens is 190 g/mol. The molecular formula is C8H7NO3S. The molecule has 0 unspecified atom stereocenters. The summed E-state index contributed by atoms with van der Waals surface area (Å²) in [5.41, 5.74) is 0.539. The molecule has 0 aromatic carbocycles. The first-order valence-corrected chi connectivity index (χ1v) is 4.51. The van der Waals surface area contributed by atoms with Crippen molar-refractivity contribution >= 4 is 21.6 Å². The van der Waals surface area contributed by atoms with Crippen LogP contribution in [0.4, 0.5) is 0 Å². The average Bonchev–Trinajstić information content (AvgIpc) is 2.44. The van der Waals surface area contributed by atoms with E-state index in [9.17, 15) is 15.1 Å². The SMILES string of the molecule is Cc1csc2c(O)cc(=O)n(O)c12. The first-order chi connectivity index (χ1) is 6.11. The molecule has 0 saturated heterocycles. The molecule has 0 amide bonds. The van der Waals surface area contributed by atoms with Gasteiger partial charge in [-0.15, -0.1) is 16.1 Å². The van der Waals surface area contributed by atoms with Crippen LogP contribution in [0, 0.1) is 6.92 Å². The van der Waals surface area contributed by atoms with E-state index < -0.39 is 5.56 Å². The topological polar surface area (TPSA) is 62.5 Å². The Kier molecular flexibility index (Phi) is 1.56. The van der Waals surface area contributed by atoms with Crippen LogP contribution in [0.2, 0.25) is 0 Å². The van der Waals surface area contributed by atoms with Crippen LogP contribution in [0.5, 0.6) is 5.75 Å². The van der Waals surface area contributed by atoms with E-state index in [1.165, 1.54) is 11.3 Å². The highest BCUT2D eigenvalue weighted by Gasteiger charge is 2.10. The fourth-order valence-electron chi connectivity index (χ4n) is 1.24. The van der Waals surface area contributed by atoms with E-state index in [4.69, 9.17) is 0 Å². The van der Waals surface area contributed by atoms with Gasteiger partial charge in [-0.25, -0.2) is 0 Å². The second kappa shape index (κ2) is 2.50. The van der Waals surface area contributed by atoms with Gasteiger partial charge in [-0.1, -0.05) is 0 Å². The Balaban J connectivity index is 3.09. The first kappa shape index (κ1) is 8.12. The van der Waals surface area contributed by atoms with Crippen LogP contribution in [-0.4, -0.2) is 15.0 Å². The minimum Gasteiger partial charge on any atom is -0.506 e. The maximum atomic E-state index is 11.1. The zero-order valence-corrected chi connectivity index (χ0v) is 7.63. The zero-order valence-electron chi connectivity index (χ0n) is 6.81. The Morgan fingerprint density at radius 3 is 2.92 bits per heavy atom. The van der Waals surface area contributed by atoms with Crippen molar-refractivity contribution in [3.05, 3.63) is 27.4 Å². The van der Waals surface area contributed by atoms with E-state index in [1.54, 1.807) is 12.3 Å². The molecule has 0 radical (unpaired) electrons. The third kappa shape index (κ3) is 1.01. The highest BCUT2D eigenvalue weighted by atomic mass is 32.1. The Labute approximate surface area is 77.3 Å². The molecule has 2 aromatic heterocycles. The molecule has 2 heterocycles. The smallest absolute Gasteiger partial charge is 0.287 e. The van der Waals surface area contributed by atoms with Gasteiger partial charge in [0.25, 0.3) is 5.56 Å². The molecule has 2 aromatic rings. The van der Waals surface area contributed by atoms with Gasteiger partial charge >= 0.3 is 0 Å². The molecule has 2 rings (SSSR count). The summed E-state index contributed by atoms with van der Waals surface area (Å²) in [5, 5.41) is 20.5. The molecule has 4 nitrogen and oxygen atoms in total. The van der Waals surface area contributed by atoms with Crippen molar-refractivity contribution in [1.82, 2.24) is 4.73 Å². The number of fused-ring (bicyclic) bond motifs is 1. The molecule has 0 spiro atoms. The number of rotatable bonds is 0. The molecule has 0 bridgehead atoms. The number of aromatic nitrogens is 1. The lowest BCUT2D eigenvalue weighted by Gasteiger charge is -2.00. The van der Waals surface area contributed by atoms with Crippen molar-refractivity contribution < 1.29 is 10.3 Å². The highest BCUT2D eigenvalue weighted by molar-refractivity contribution is 7.17. The van der Waals surface area contributed by atoms with Gasteiger partial charge < -0.3 is 10.3 Å². The monoisotopic (exact) mass is 197 g/mol. The van der Waals surface area contributed by atoms with E-state index in [0.29, 0.717) is 14.9 Å². The van der Waals surface area contributed by atoms with Crippen molar-refractivity contribution in [2.24, 2.45) is 0 Å². The van der Waals surface area contributed by atoms with E-state index >= 15 is 0 Å². The largest absolute Gasteiger partial charge is 0.506 e. The van der Waals surface area contributed by atoms with Gasteiger partial charge in [-0.2, -0.15) is 0 Å². The predicted octanol–water partition coefficient (Wildman–Crippen LogP) is 1.31. The van der Waals surface area contributed by atoms with Crippen LogP contribution < -0.4 is 5.56 Å². The summed E-state index contributed by atoms with van der Waals surface area (Å²) >= 11 is 1.29. The Bertz CT molecular complexity index is 526. The van der Waals surface area contributed by atoms with E-state index in [1.807, 2.05) is 0 Å². The number of thiophene rings is 1. The molecule has 0 atom stereocenters. The summed E-state index contributed by atoms with van der Waals surface area (Å²) in [5.74, 6) is -0.0802. The lowest BCUT2D eigenvalue weighted by Crippen LogP contribution is -2.16. The second-order valence-corrected chi connectivity index (χ2v) is 3.66. The number of aryl methyl sites for hydroxylation is 1. The number of hydrogen-bond acceptors (Lipinski definition) is 4. The second-order valence-electron chi connectivity index (χ2n) is 2.78. The van der Waals surface area contributed by atoms with Crippen LogP contribution in [0.1, 0.15) is 5.56 Å². The maximum Gasteiger partial charge on any atom is 0.287 e. The predicted molar refractivity (Wildman–Crippen MR) is 49.7 cm³/mol. The van der Waals surface area contributed by atoms with Crippen molar-refractivity contribution in [1.29, 1.82) is 0 Å². The van der Waals surface area contributed by atoms with E-state index in [2.05, 4.69) is 0 Å². The number of aromatic hydroxyl groups is 1. The van der Waals surface area contributed by atoms with Gasteiger partial charge in [0, 0.05) is 6.07 Å². The number of hydrogen-bond donors (Lipinski definition) is 2. The Morgan fingerprint density at radius 1 is 1.54 bits per heavy atom. The van der Waals surface area contributed by atoms with Gasteiger partial charge in [-0.3, -0.25) is 4.79 Å². The normalized spacial score (nSPS) is 10.8. The quantitative estimate of drug-likeness (QED) is 0.626. The minimum absolute atomic E-state index is 0.0802. The third-order valence-corrected chi connectivity index (χ3v) is 2.97. The minimum atomic E-state index is -0.619. The van der Waals surface area contributed by atoms with Crippen LogP contribution >= 0.6 is 11.3 Å². The molecule has 0 aliphatic rings. The fourth-order valence-corrected chi connectivity index (χ4v) is 2.18. The molecule has 0 fully saturated rings. The molecule has 5 heteroatoms. The number of nitrogens with zero attached hydrogens (tertiary/aromatic N) is 1. The lowest BCUT2D eigenvalue weighted by atomic mass is 10.3. The Hall–Kier alpha value is -1.49. The van der Waals surface area contributed by atoms with Crippen LogP contribution in [-0.2, 0) is 0 Å². The summed E-state index contributed by atoms with van der Waals surface area (Å²) in [7, 11) is 0. The van der Waals surface area contributed by atoms with Gasteiger partial charge in [0.1, 0.15) is 11.3 Å². The molecule has 0 aliphatic heterocycles. The van der Waals surface area contributed by atoms with Crippen LogP contribution in [0.25, 0.3) is 10.2 Å². The van der Waals surface area contributed by atoms with Gasteiger partial charge in [0.15, 0.2) is 0 Å². The van der Waals surface area contributed by atoms with Gasteiger partial charge in [0.2, 0.25) is 0 Å². The summed E-state index contributed by atoms with van der Waals surface area (Å²) in [4.78, 5) is 11.1. The molecule has 2 N–H and O–H groups in total. The fraction of sp³-hybridized carbons (Fsp3) is 0.125. The van der Waals surface area contributed by atoms with Crippen molar-refractivity contribution in [3.8, 4) is 5.75 Å². The molecule has 0 aliphatic carbocycles. The van der Waals surface area contributed by atoms with Crippen LogP contribution in [0.3, 0.4) is 0 Å². The van der Waals surface area contributed by atoms with E-state index in [-0.39, 0.29) is 5.75 Å². The molecule has 13 heavy (non-hydrogen) atoms. The summed E-state index contributed by atoms with van der Waals surface area (Å²) in [6, 6.07) is 0.998. The summed E-state index contributed by atoms with van der Waals surface area (Å²) < 4.78 is 1.08. The molecule has 68 valence electrons. The van der Waals surface area contributed by atoms with Crippen LogP contribution in [0.15, 0.2) is 16.2 Å².